The van der Waals surface area contributed by atoms with Crippen molar-refractivity contribution in [1.29, 1.82) is 0 Å². The zero-order chi connectivity index (χ0) is 32.6. The first-order valence-corrected chi connectivity index (χ1v) is 16.4. The number of fused-ring (bicyclic) bond motifs is 3. The van der Waals surface area contributed by atoms with Gasteiger partial charge in [-0.15, -0.1) is 10.2 Å². The Morgan fingerprint density at radius 1 is 0.388 bits per heavy atom. The Hall–Kier alpha value is -6.65. The van der Waals surface area contributed by atoms with E-state index in [0.29, 0.717) is 0 Å². The van der Waals surface area contributed by atoms with Crippen molar-refractivity contribution in [1.82, 2.24) is 15.4 Å². The lowest BCUT2D eigenvalue weighted by Crippen LogP contribution is -2.01. The molecule has 7 aromatic carbocycles. The van der Waals surface area contributed by atoms with E-state index in [2.05, 4.69) is 162 Å². The van der Waals surface area contributed by atoms with E-state index in [0.717, 1.165) is 88.8 Å². The van der Waals surface area contributed by atoms with Crippen molar-refractivity contribution in [2.24, 2.45) is 0 Å². The van der Waals surface area contributed by atoms with Gasteiger partial charge < -0.3 is 4.42 Å². The third-order valence-electron chi connectivity index (χ3n) is 9.21. The molecule has 0 unspecified atom stereocenters. The molecule has 0 saturated heterocycles. The van der Waals surface area contributed by atoms with Crippen molar-refractivity contribution < 1.29 is 4.42 Å². The summed E-state index contributed by atoms with van der Waals surface area (Å²) in [5.74, 6) is 0. The van der Waals surface area contributed by atoms with Gasteiger partial charge in [-0.2, -0.15) is 0 Å². The molecule has 0 saturated carbocycles. The van der Waals surface area contributed by atoms with Crippen molar-refractivity contribution in [3.63, 3.8) is 0 Å². The number of hydrogen-bond acceptors (Lipinski definition) is 4. The zero-order valence-electron chi connectivity index (χ0n) is 26.5. The molecular weight excluding hydrogens is 599 g/mol. The van der Waals surface area contributed by atoms with E-state index >= 15 is 0 Å². The maximum absolute atomic E-state index is 6.47. The van der Waals surface area contributed by atoms with E-state index in [1.54, 1.807) is 6.20 Å². The van der Waals surface area contributed by atoms with E-state index in [4.69, 9.17) is 9.52 Å². The molecule has 9 rings (SSSR count). The first kappa shape index (κ1) is 28.6. The Bertz CT molecular complexity index is 2580. The van der Waals surface area contributed by atoms with Gasteiger partial charge >= 0.3 is 0 Å². The fourth-order valence-electron chi connectivity index (χ4n) is 7.13. The Balaban J connectivity index is 1.53. The van der Waals surface area contributed by atoms with Crippen LogP contribution >= 0.6 is 0 Å². The quantitative estimate of drug-likeness (QED) is 0.184. The van der Waals surface area contributed by atoms with Crippen LogP contribution in [0.15, 0.2) is 180 Å². The van der Waals surface area contributed by atoms with Crippen molar-refractivity contribution in [2.75, 3.05) is 0 Å². The summed E-state index contributed by atoms with van der Waals surface area (Å²) >= 11 is 0. The van der Waals surface area contributed by atoms with E-state index < -0.39 is 0 Å². The van der Waals surface area contributed by atoms with E-state index in [1.165, 1.54) is 0 Å². The van der Waals surface area contributed by atoms with Gasteiger partial charge in [-0.05, 0) is 79.5 Å². The maximum atomic E-state index is 6.47. The largest absolute Gasteiger partial charge is 0.456 e. The predicted molar refractivity (Wildman–Crippen MR) is 200 cm³/mol. The van der Waals surface area contributed by atoms with Crippen LogP contribution in [0.4, 0.5) is 0 Å². The minimum atomic E-state index is 0.741. The van der Waals surface area contributed by atoms with Gasteiger partial charge in [0.2, 0.25) is 0 Å². The van der Waals surface area contributed by atoms with Gasteiger partial charge in [0, 0.05) is 21.9 Å². The second kappa shape index (κ2) is 12.2. The number of furan rings is 1. The highest BCUT2D eigenvalue weighted by Gasteiger charge is 2.27. The molecule has 0 aliphatic rings. The molecular formula is C45H29N3O. The Morgan fingerprint density at radius 3 is 1.69 bits per heavy atom. The summed E-state index contributed by atoms with van der Waals surface area (Å²) < 4.78 is 6.47. The third-order valence-corrected chi connectivity index (χ3v) is 9.21. The lowest BCUT2D eigenvalue weighted by atomic mass is 9.78. The summed E-state index contributed by atoms with van der Waals surface area (Å²) in [6.45, 7) is 0. The lowest BCUT2D eigenvalue weighted by Gasteiger charge is -2.25. The second-order valence-electron chi connectivity index (χ2n) is 12.0. The Morgan fingerprint density at radius 2 is 0.980 bits per heavy atom. The minimum absolute atomic E-state index is 0.741. The van der Waals surface area contributed by atoms with Gasteiger partial charge in [-0.3, -0.25) is 0 Å². The van der Waals surface area contributed by atoms with Gasteiger partial charge in [0.05, 0.1) is 11.9 Å². The second-order valence-corrected chi connectivity index (χ2v) is 12.0. The van der Waals surface area contributed by atoms with Crippen LogP contribution < -0.4 is 0 Å². The highest BCUT2D eigenvalue weighted by atomic mass is 16.3. The zero-order valence-corrected chi connectivity index (χ0v) is 26.5. The SMILES string of the molecule is c1ccc(-c2ccccc2-c2cc(-c3ccccc3)c(-c3ccccc3)c(-c3ccnnn3)c2-c2cccc3oc4ccccc4c23)cc1. The molecule has 0 aliphatic heterocycles. The van der Waals surface area contributed by atoms with Crippen molar-refractivity contribution in [3.05, 3.63) is 176 Å². The number of nitrogens with zero attached hydrogens (tertiary/aromatic N) is 3. The molecule has 49 heavy (non-hydrogen) atoms. The Labute approximate surface area is 284 Å². The molecule has 0 bridgehead atoms. The molecule has 230 valence electrons. The summed E-state index contributed by atoms with van der Waals surface area (Å²) in [6, 6.07) is 59.4. The number of hydrogen-bond donors (Lipinski definition) is 0. The monoisotopic (exact) mass is 627 g/mol. The van der Waals surface area contributed by atoms with E-state index in [-0.39, 0.29) is 0 Å². The maximum Gasteiger partial charge on any atom is 0.136 e. The molecule has 9 aromatic rings. The standard InChI is InChI=1S/C45H29N3O/c1-4-15-30(16-5-1)33-21-10-11-22-34(33)38-29-37(31-17-6-2-7-18-31)42(32-19-8-3-9-20-32)45(39-27-28-46-48-47-39)44(38)36-24-14-26-41-43(36)35-23-12-13-25-40(35)49-41/h1-29H. The molecule has 0 spiro atoms. The minimum Gasteiger partial charge on any atom is -0.456 e. The smallest absolute Gasteiger partial charge is 0.136 e. The summed E-state index contributed by atoms with van der Waals surface area (Å²) in [7, 11) is 0. The molecule has 0 radical (unpaired) electrons. The predicted octanol–water partition coefficient (Wildman–Crippen LogP) is 11.8. The van der Waals surface area contributed by atoms with Crippen LogP contribution in [0.2, 0.25) is 0 Å². The fraction of sp³-hybridized carbons (Fsp3) is 0. The van der Waals surface area contributed by atoms with Gasteiger partial charge in [-0.1, -0.05) is 146 Å². The normalized spacial score (nSPS) is 11.3. The van der Waals surface area contributed by atoms with Crippen LogP contribution in [0, 0.1) is 0 Å². The molecule has 0 amide bonds. The summed E-state index contributed by atoms with van der Waals surface area (Å²) in [5, 5.41) is 15.1. The van der Waals surface area contributed by atoms with Crippen LogP contribution in [-0.2, 0) is 0 Å². The van der Waals surface area contributed by atoms with E-state index in [9.17, 15) is 0 Å². The third kappa shape index (κ3) is 4.98. The van der Waals surface area contributed by atoms with Crippen LogP contribution in [0.25, 0.3) is 88.8 Å². The van der Waals surface area contributed by atoms with Crippen molar-refractivity contribution in [3.8, 4) is 66.9 Å². The summed E-state index contributed by atoms with van der Waals surface area (Å²) in [5.41, 5.74) is 14.4. The van der Waals surface area contributed by atoms with Crippen LogP contribution in [0.5, 0.6) is 0 Å². The number of benzene rings is 7. The highest BCUT2D eigenvalue weighted by molar-refractivity contribution is 6.18. The van der Waals surface area contributed by atoms with Crippen LogP contribution in [0.1, 0.15) is 0 Å². The molecule has 0 fully saturated rings. The molecule has 4 nitrogen and oxygen atoms in total. The summed E-state index contributed by atoms with van der Waals surface area (Å²) in [4.78, 5) is 0. The lowest BCUT2D eigenvalue weighted by molar-refractivity contribution is 0.669. The fourth-order valence-corrected chi connectivity index (χ4v) is 7.13. The first-order chi connectivity index (χ1) is 24.3. The molecule has 2 heterocycles. The number of rotatable bonds is 6. The average Bonchev–Trinajstić information content (AvgIpc) is 3.58. The molecule has 0 atom stereocenters. The number of aromatic nitrogens is 3. The van der Waals surface area contributed by atoms with E-state index in [1.807, 2.05) is 18.2 Å². The Kier molecular flexibility index (Phi) is 7.10. The number of para-hydroxylation sites is 1. The van der Waals surface area contributed by atoms with Crippen molar-refractivity contribution >= 4 is 21.9 Å². The van der Waals surface area contributed by atoms with Gasteiger partial charge in [-0.25, -0.2) is 0 Å². The van der Waals surface area contributed by atoms with Crippen molar-refractivity contribution in [2.45, 2.75) is 0 Å². The highest BCUT2D eigenvalue weighted by Crippen LogP contribution is 2.52. The van der Waals surface area contributed by atoms with Gasteiger partial charge in [0.1, 0.15) is 11.2 Å². The van der Waals surface area contributed by atoms with Crippen LogP contribution in [-0.4, -0.2) is 15.4 Å². The first-order valence-electron chi connectivity index (χ1n) is 16.4. The van der Waals surface area contributed by atoms with Gasteiger partial charge in [0.15, 0.2) is 0 Å². The van der Waals surface area contributed by atoms with Gasteiger partial charge in [0.25, 0.3) is 0 Å². The topological polar surface area (TPSA) is 51.8 Å². The summed E-state index contributed by atoms with van der Waals surface area (Å²) in [6.07, 6.45) is 1.72. The molecule has 2 aromatic heterocycles. The molecule has 0 N–H and O–H groups in total. The van der Waals surface area contributed by atoms with Crippen LogP contribution in [0.3, 0.4) is 0 Å². The molecule has 4 heteroatoms. The average molecular weight is 628 g/mol. The molecule has 0 aliphatic carbocycles.